The molecule has 0 aromatic heterocycles. The van der Waals surface area contributed by atoms with Crippen LogP contribution in [0.1, 0.15) is 63.0 Å². The van der Waals surface area contributed by atoms with Gasteiger partial charge in [-0.25, -0.2) is 0 Å². The average Bonchev–Trinajstić information content (AvgIpc) is 3.03. The lowest BCUT2D eigenvalue weighted by Gasteiger charge is -2.35. The summed E-state index contributed by atoms with van der Waals surface area (Å²) in [4.78, 5) is 43.5. The van der Waals surface area contributed by atoms with E-state index in [0.717, 1.165) is 45.3 Å². The number of nitrogens with zero attached hydrogens (tertiary/aromatic N) is 3. The monoisotopic (exact) mass is 425 g/mol. The standard InChI is InChI=1S/C25H35N3O3/c1-18(2)20-9-7-19(8-10-20)17-26-13-15-27(16-14-26)23(29)11-12-28-24(30)21-5-3-4-6-22(21)25(28)31/h7-10,18,21-22H,3-6,11-17H2,1-2H3/t21-,22-/m0/s1. The molecule has 3 aliphatic rings. The third-order valence-corrected chi connectivity index (χ3v) is 7.26. The Balaban J connectivity index is 1.22. The van der Waals surface area contributed by atoms with Crippen LogP contribution >= 0.6 is 0 Å². The number of carbonyl (C=O) groups excluding carboxylic acids is 3. The van der Waals surface area contributed by atoms with Crippen molar-refractivity contribution in [1.82, 2.24) is 14.7 Å². The molecule has 0 spiro atoms. The van der Waals surface area contributed by atoms with Gasteiger partial charge in [0.05, 0.1) is 11.8 Å². The minimum atomic E-state index is -0.130. The maximum atomic E-state index is 12.7. The SMILES string of the molecule is CC(C)c1ccc(CN2CCN(C(=O)CCN3C(=O)[C@H]4CCCC[C@@H]4C3=O)CC2)cc1. The van der Waals surface area contributed by atoms with Crippen molar-refractivity contribution >= 4 is 17.7 Å². The number of hydrogen-bond acceptors (Lipinski definition) is 4. The normalized spacial score (nSPS) is 24.7. The van der Waals surface area contributed by atoms with E-state index >= 15 is 0 Å². The lowest BCUT2D eigenvalue weighted by Crippen LogP contribution is -2.49. The highest BCUT2D eigenvalue weighted by atomic mass is 16.2. The Labute approximate surface area is 185 Å². The number of benzene rings is 1. The number of fused-ring (bicyclic) bond motifs is 1. The van der Waals surface area contributed by atoms with Gasteiger partial charge in [-0.15, -0.1) is 0 Å². The van der Waals surface area contributed by atoms with Crippen molar-refractivity contribution in [3.8, 4) is 0 Å². The summed E-state index contributed by atoms with van der Waals surface area (Å²) < 4.78 is 0. The Morgan fingerprint density at radius 2 is 1.52 bits per heavy atom. The van der Waals surface area contributed by atoms with Gasteiger partial charge in [-0.3, -0.25) is 24.2 Å². The number of hydrogen-bond donors (Lipinski definition) is 0. The molecule has 3 fully saturated rings. The molecule has 2 aliphatic heterocycles. The summed E-state index contributed by atoms with van der Waals surface area (Å²) in [6.45, 7) is 8.66. The lowest BCUT2D eigenvalue weighted by molar-refractivity contribution is -0.141. The van der Waals surface area contributed by atoms with Crippen molar-refractivity contribution in [3.63, 3.8) is 0 Å². The molecule has 1 aromatic carbocycles. The quantitative estimate of drug-likeness (QED) is 0.658. The molecule has 4 rings (SSSR count). The fourth-order valence-corrected chi connectivity index (χ4v) is 5.24. The first-order valence-electron chi connectivity index (χ1n) is 11.9. The van der Waals surface area contributed by atoms with Crippen molar-refractivity contribution < 1.29 is 14.4 Å². The van der Waals surface area contributed by atoms with E-state index in [1.807, 2.05) is 4.90 Å². The largest absolute Gasteiger partial charge is 0.340 e. The molecule has 2 saturated heterocycles. The molecular formula is C25H35N3O3. The fourth-order valence-electron chi connectivity index (χ4n) is 5.24. The molecule has 168 valence electrons. The summed E-state index contributed by atoms with van der Waals surface area (Å²) in [6.07, 6.45) is 3.94. The summed E-state index contributed by atoms with van der Waals surface area (Å²) >= 11 is 0. The van der Waals surface area contributed by atoms with Gasteiger partial charge in [-0.05, 0) is 29.9 Å². The topological polar surface area (TPSA) is 60.9 Å². The van der Waals surface area contributed by atoms with Gasteiger partial charge in [-0.2, -0.15) is 0 Å². The average molecular weight is 426 g/mol. The Morgan fingerprint density at radius 3 is 2.06 bits per heavy atom. The molecule has 31 heavy (non-hydrogen) atoms. The Morgan fingerprint density at radius 1 is 0.935 bits per heavy atom. The highest BCUT2D eigenvalue weighted by Crippen LogP contribution is 2.38. The zero-order valence-corrected chi connectivity index (χ0v) is 18.9. The van der Waals surface area contributed by atoms with Crippen molar-refractivity contribution in [3.05, 3.63) is 35.4 Å². The first-order valence-corrected chi connectivity index (χ1v) is 11.9. The van der Waals surface area contributed by atoms with Crippen LogP contribution in [0.15, 0.2) is 24.3 Å². The highest BCUT2D eigenvalue weighted by Gasteiger charge is 2.47. The molecule has 1 aliphatic carbocycles. The molecular weight excluding hydrogens is 390 g/mol. The van der Waals surface area contributed by atoms with E-state index in [9.17, 15) is 14.4 Å². The van der Waals surface area contributed by atoms with Gasteiger partial charge in [0.15, 0.2) is 0 Å². The molecule has 3 amide bonds. The van der Waals surface area contributed by atoms with Crippen LogP contribution < -0.4 is 0 Å². The summed E-state index contributed by atoms with van der Waals surface area (Å²) in [5.74, 6) is 0.242. The first-order chi connectivity index (χ1) is 14.9. The number of rotatable bonds is 6. The maximum Gasteiger partial charge on any atom is 0.233 e. The minimum absolute atomic E-state index is 0.0456. The summed E-state index contributed by atoms with van der Waals surface area (Å²) in [5, 5.41) is 0. The summed E-state index contributed by atoms with van der Waals surface area (Å²) in [6, 6.07) is 8.82. The van der Waals surface area contributed by atoms with Crippen LogP contribution in [0.3, 0.4) is 0 Å². The van der Waals surface area contributed by atoms with E-state index in [4.69, 9.17) is 0 Å². The van der Waals surface area contributed by atoms with E-state index < -0.39 is 0 Å². The van der Waals surface area contributed by atoms with Gasteiger partial charge >= 0.3 is 0 Å². The van der Waals surface area contributed by atoms with E-state index in [0.29, 0.717) is 19.0 Å². The fraction of sp³-hybridized carbons (Fsp3) is 0.640. The predicted molar refractivity (Wildman–Crippen MR) is 119 cm³/mol. The zero-order valence-electron chi connectivity index (χ0n) is 18.9. The van der Waals surface area contributed by atoms with E-state index in [1.54, 1.807) is 0 Å². The van der Waals surface area contributed by atoms with Crippen LogP contribution in [0.25, 0.3) is 0 Å². The van der Waals surface area contributed by atoms with Crippen LogP contribution in [-0.2, 0) is 20.9 Å². The van der Waals surface area contributed by atoms with Gasteiger partial charge in [0.25, 0.3) is 0 Å². The molecule has 0 N–H and O–H groups in total. The molecule has 0 bridgehead atoms. The second-order valence-electron chi connectivity index (χ2n) is 9.63. The van der Waals surface area contributed by atoms with E-state index in [-0.39, 0.29) is 42.5 Å². The van der Waals surface area contributed by atoms with Crippen molar-refractivity contribution in [2.45, 2.75) is 58.4 Å². The molecule has 6 nitrogen and oxygen atoms in total. The van der Waals surface area contributed by atoms with Gasteiger partial charge in [0.2, 0.25) is 17.7 Å². The van der Waals surface area contributed by atoms with Crippen LogP contribution in [0.4, 0.5) is 0 Å². The molecule has 1 aromatic rings. The van der Waals surface area contributed by atoms with Crippen molar-refractivity contribution in [2.75, 3.05) is 32.7 Å². The Kier molecular flexibility index (Phi) is 6.75. The minimum Gasteiger partial charge on any atom is -0.340 e. The zero-order chi connectivity index (χ0) is 22.0. The third-order valence-electron chi connectivity index (χ3n) is 7.26. The summed E-state index contributed by atoms with van der Waals surface area (Å²) in [7, 11) is 0. The van der Waals surface area contributed by atoms with Crippen LogP contribution in [0, 0.1) is 11.8 Å². The van der Waals surface area contributed by atoms with Crippen LogP contribution in [0.2, 0.25) is 0 Å². The van der Waals surface area contributed by atoms with E-state index in [1.165, 1.54) is 16.0 Å². The van der Waals surface area contributed by atoms with Crippen LogP contribution in [0.5, 0.6) is 0 Å². The Hall–Kier alpha value is -2.21. The summed E-state index contributed by atoms with van der Waals surface area (Å²) in [5.41, 5.74) is 2.66. The number of carbonyl (C=O) groups is 3. The van der Waals surface area contributed by atoms with Gasteiger partial charge in [0.1, 0.15) is 0 Å². The van der Waals surface area contributed by atoms with Crippen molar-refractivity contribution in [1.29, 1.82) is 0 Å². The molecule has 2 heterocycles. The van der Waals surface area contributed by atoms with Crippen molar-refractivity contribution in [2.24, 2.45) is 11.8 Å². The highest BCUT2D eigenvalue weighted by molar-refractivity contribution is 6.05. The number of likely N-dealkylation sites (tertiary alicyclic amines) is 1. The molecule has 1 saturated carbocycles. The molecule has 2 atom stereocenters. The van der Waals surface area contributed by atoms with Crippen LogP contribution in [-0.4, -0.2) is 65.1 Å². The number of imide groups is 1. The Bertz CT molecular complexity index is 788. The molecule has 0 radical (unpaired) electrons. The smallest absolute Gasteiger partial charge is 0.233 e. The second-order valence-corrected chi connectivity index (χ2v) is 9.63. The molecule has 6 heteroatoms. The maximum absolute atomic E-state index is 12.7. The molecule has 0 unspecified atom stereocenters. The number of amides is 3. The lowest BCUT2D eigenvalue weighted by atomic mass is 9.81. The predicted octanol–water partition coefficient (Wildman–Crippen LogP) is 3.02. The number of piperazine rings is 1. The van der Waals surface area contributed by atoms with Gasteiger partial charge in [0, 0.05) is 45.7 Å². The van der Waals surface area contributed by atoms with Gasteiger partial charge in [-0.1, -0.05) is 51.0 Å². The van der Waals surface area contributed by atoms with E-state index in [2.05, 4.69) is 43.0 Å². The third kappa shape index (κ3) is 4.84. The second kappa shape index (κ2) is 9.51. The first kappa shape index (κ1) is 22.0. The van der Waals surface area contributed by atoms with Gasteiger partial charge < -0.3 is 4.90 Å².